The molecule has 49 heavy (non-hydrogen) atoms. The molecule has 0 amide bonds. The number of rotatable bonds is 9. The monoisotopic (exact) mass is 709 g/mol. The number of nitrogens with zero attached hydrogens (tertiary/aromatic N) is 3. The molecule has 2 fully saturated rings. The molecule has 262 valence electrons. The van der Waals surface area contributed by atoms with Gasteiger partial charge >= 0.3 is 5.97 Å². The zero-order valence-electron chi connectivity index (χ0n) is 28.1. The largest absolute Gasteiger partial charge is 0.490 e. The highest BCUT2D eigenvalue weighted by molar-refractivity contribution is 7.91. The number of ether oxygens (including phenoxy) is 4. The minimum absolute atomic E-state index is 0.0254. The Bertz CT molecular complexity index is 1780. The van der Waals surface area contributed by atoms with Crippen LogP contribution in [0.2, 0.25) is 5.02 Å². The Labute approximate surface area is 293 Å². The molecule has 6 atom stereocenters. The van der Waals surface area contributed by atoms with Crippen molar-refractivity contribution in [3.8, 4) is 5.75 Å². The molecule has 10 nitrogen and oxygen atoms in total. The highest BCUT2D eigenvalue weighted by atomic mass is 35.5. The number of fused-ring (bicyclic) bond motifs is 3. The van der Waals surface area contributed by atoms with E-state index in [4.69, 9.17) is 30.5 Å². The lowest BCUT2D eigenvalue weighted by Gasteiger charge is -2.47. The Hall–Kier alpha value is -3.25. The van der Waals surface area contributed by atoms with Crippen LogP contribution in [-0.4, -0.2) is 81.8 Å². The molecule has 1 saturated carbocycles. The SMILES string of the molecule is COC(=O)c1ccc2c(c1)N(C[C@@H]1CC[C@H]1[C@@H]1C[C@@H](OC[C@H](C)S(=O)(=O)c3ncccn3)CCO1)C[C@@]1(CCCc3cc(Cl)ccc31)CO2. The molecule has 2 aromatic carbocycles. The molecule has 1 aromatic heterocycles. The fraction of sp³-hybridized carbons (Fsp3) is 0.541. The smallest absolute Gasteiger partial charge is 0.337 e. The van der Waals surface area contributed by atoms with Gasteiger partial charge in [0.2, 0.25) is 15.0 Å². The Morgan fingerprint density at radius 2 is 1.98 bits per heavy atom. The normalized spacial score (nSPS) is 27.2. The van der Waals surface area contributed by atoms with Crippen molar-refractivity contribution >= 4 is 33.1 Å². The zero-order valence-corrected chi connectivity index (χ0v) is 29.6. The fourth-order valence-corrected chi connectivity index (χ4v) is 9.40. The van der Waals surface area contributed by atoms with E-state index in [0.717, 1.165) is 74.5 Å². The Kier molecular flexibility index (Phi) is 9.89. The molecule has 4 aliphatic rings. The number of esters is 1. The number of aryl methyl sites for hydroxylation is 1. The quantitative estimate of drug-likeness (QED) is 0.198. The summed E-state index contributed by atoms with van der Waals surface area (Å²) < 4.78 is 50.2. The number of halogens is 1. The molecule has 0 bridgehead atoms. The van der Waals surface area contributed by atoms with Crippen molar-refractivity contribution in [2.45, 2.75) is 79.9 Å². The third-order valence-corrected chi connectivity index (χ3v) is 13.2. The molecule has 1 spiro atoms. The molecule has 12 heteroatoms. The van der Waals surface area contributed by atoms with Crippen LogP contribution < -0.4 is 9.64 Å². The average Bonchev–Trinajstić information content (AvgIpc) is 3.25. The molecule has 1 saturated heterocycles. The molecule has 3 aromatic rings. The van der Waals surface area contributed by atoms with Gasteiger partial charge < -0.3 is 23.8 Å². The van der Waals surface area contributed by atoms with Crippen molar-refractivity contribution in [3.63, 3.8) is 0 Å². The number of sulfone groups is 1. The second kappa shape index (κ2) is 14.2. The predicted octanol–water partition coefficient (Wildman–Crippen LogP) is 5.84. The third-order valence-electron chi connectivity index (χ3n) is 11.0. The van der Waals surface area contributed by atoms with E-state index in [-0.39, 0.29) is 35.4 Å². The van der Waals surface area contributed by atoms with E-state index in [1.165, 1.54) is 30.6 Å². The van der Waals surface area contributed by atoms with Gasteiger partial charge in [-0.25, -0.2) is 23.2 Å². The maximum Gasteiger partial charge on any atom is 0.337 e. The summed E-state index contributed by atoms with van der Waals surface area (Å²) >= 11 is 6.44. The number of anilines is 1. The van der Waals surface area contributed by atoms with Gasteiger partial charge in [-0.15, -0.1) is 0 Å². The van der Waals surface area contributed by atoms with Crippen molar-refractivity contribution in [2.75, 3.05) is 44.9 Å². The van der Waals surface area contributed by atoms with Crippen molar-refractivity contribution in [1.82, 2.24) is 9.97 Å². The lowest BCUT2D eigenvalue weighted by molar-refractivity contribution is -0.116. The molecule has 0 radical (unpaired) electrons. The number of aromatic nitrogens is 2. The molecule has 0 unspecified atom stereocenters. The molecule has 0 N–H and O–H groups in total. The highest BCUT2D eigenvalue weighted by Crippen LogP contribution is 2.47. The maximum atomic E-state index is 13.0. The second-order valence-electron chi connectivity index (χ2n) is 14.1. The fourth-order valence-electron chi connectivity index (χ4n) is 8.17. The van der Waals surface area contributed by atoms with Crippen LogP contribution in [0.1, 0.15) is 66.9 Å². The van der Waals surface area contributed by atoms with E-state index in [1.54, 1.807) is 19.1 Å². The summed E-state index contributed by atoms with van der Waals surface area (Å²) in [7, 11) is -2.29. The first-order chi connectivity index (χ1) is 23.7. The van der Waals surface area contributed by atoms with Gasteiger partial charge in [-0.05, 0) is 105 Å². The molecule has 2 aliphatic heterocycles. The van der Waals surface area contributed by atoms with E-state index >= 15 is 0 Å². The highest BCUT2D eigenvalue weighted by Gasteiger charge is 2.45. The first-order valence-corrected chi connectivity index (χ1v) is 19.2. The van der Waals surface area contributed by atoms with E-state index in [1.807, 2.05) is 18.2 Å². The number of carbonyl (C=O) groups excluding carboxylic acids is 1. The first-order valence-electron chi connectivity index (χ1n) is 17.3. The minimum atomic E-state index is -3.69. The zero-order chi connectivity index (χ0) is 34.2. The van der Waals surface area contributed by atoms with Gasteiger partial charge in [0.05, 0.1) is 49.0 Å². The van der Waals surface area contributed by atoms with E-state index in [9.17, 15) is 13.2 Å². The summed E-state index contributed by atoms with van der Waals surface area (Å²) in [6, 6.07) is 13.4. The van der Waals surface area contributed by atoms with Crippen LogP contribution in [0.4, 0.5) is 5.69 Å². The number of methoxy groups -OCH3 is 1. The van der Waals surface area contributed by atoms with Gasteiger partial charge in [0.25, 0.3) is 0 Å². The summed E-state index contributed by atoms with van der Waals surface area (Å²) in [6.07, 6.45) is 9.44. The predicted molar refractivity (Wildman–Crippen MR) is 185 cm³/mol. The Morgan fingerprint density at radius 3 is 2.76 bits per heavy atom. The van der Waals surface area contributed by atoms with Gasteiger partial charge in [0.1, 0.15) is 5.75 Å². The van der Waals surface area contributed by atoms with Gasteiger partial charge in [-0.3, -0.25) is 0 Å². The molecular weight excluding hydrogens is 666 g/mol. The average molecular weight is 710 g/mol. The van der Waals surface area contributed by atoms with Crippen molar-refractivity contribution in [2.24, 2.45) is 11.8 Å². The van der Waals surface area contributed by atoms with Crippen molar-refractivity contribution in [3.05, 3.63) is 76.6 Å². The molecule has 3 heterocycles. The Morgan fingerprint density at radius 1 is 1.14 bits per heavy atom. The third kappa shape index (κ3) is 6.92. The van der Waals surface area contributed by atoms with Crippen LogP contribution in [0.3, 0.4) is 0 Å². The summed E-state index contributed by atoms with van der Waals surface area (Å²) in [5, 5.41) is -0.183. The van der Waals surface area contributed by atoms with Crippen LogP contribution in [-0.2, 0) is 35.9 Å². The molecule has 2 aliphatic carbocycles. The Balaban J connectivity index is 1.08. The number of carbonyl (C=O) groups is 1. The van der Waals surface area contributed by atoms with Crippen LogP contribution in [0.15, 0.2) is 60.0 Å². The summed E-state index contributed by atoms with van der Waals surface area (Å²) in [5.74, 6) is 1.11. The van der Waals surface area contributed by atoms with Crippen LogP contribution >= 0.6 is 11.6 Å². The number of benzene rings is 2. The standard InChI is InChI=1S/C37H44ClN3O7S/c1-24(49(43,44)36-39-14-4-15-40-36)21-47-29-12-16-46-34(19-29)30-9-6-27(30)20-41-22-37(13-3-5-25-17-28(38)8-10-31(25)37)23-48-33-11-7-26(18-32(33)41)35(42)45-2/h4,7-8,10-11,14-15,17-18,24,27,29-30,34H,3,5-6,9,12-13,16,19-23H2,1-2H3/t24-,27-,29-,30+,34-,37-/m0/s1. The van der Waals surface area contributed by atoms with Crippen molar-refractivity contribution in [1.29, 1.82) is 0 Å². The van der Waals surface area contributed by atoms with Gasteiger partial charge in [0, 0.05) is 48.9 Å². The molecular formula is C37H44ClN3O7S. The maximum absolute atomic E-state index is 13.0. The number of hydrogen-bond donors (Lipinski definition) is 0. The second-order valence-corrected chi connectivity index (χ2v) is 16.8. The topological polar surface area (TPSA) is 117 Å². The van der Waals surface area contributed by atoms with Crippen LogP contribution in [0.5, 0.6) is 5.75 Å². The lowest BCUT2D eigenvalue weighted by Crippen LogP contribution is -2.51. The van der Waals surface area contributed by atoms with E-state index in [2.05, 4.69) is 27.0 Å². The first kappa shape index (κ1) is 34.2. The summed E-state index contributed by atoms with van der Waals surface area (Å²) in [5.41, 5.74) is 3.77. The van der Waals surface area contributed by atoms with Crippen molar-refractivity contribution < 1.29 is 32.2 Å². The van der Waals surface area contributed by atoms with E-state index in [0.29, 0.717) is 30.6 Å². The van der Waals surface area contributed by atoms with Gasteiger partial charge in [-0.2, -0.15) is 0 Å². The molecule has 7 rings (SSSR count). The summed E-state index contributed by atoms with van der Waals surface area (Å²) in [6.45, 7) is 4.41. The lowest BCUT2D eigenvalue weighted by atomic mass is 9.67. The van der Waals surface area contributed by atoms with Crippen LogP contribution in [0.25, 0.3) is 0 Å². The minimum Gasteiger partial charge on any atom is -0.490 e. The number of hydrogen-bond acceptors (Lipinski definition) is 10. The van der Waals surface area contributed by atoms with Gasteiger partial charge in [-0.1, -0.05) is 17.7 Å². The summed E-state index contributed by atoms with van der Waals surface area (Å²) in [4.78, 5) is 22.9. The van der Waals surface area contributed by atoms with Crippen LogP contribution in [0, 0.1) is 11.8 Å². The van der Waals surface area contributed by atoms with E-state index < -0.39 is 15.1 Å². The van der Waals surface area contributed by atoms with Gasteiger partial charge in [0.15, 0.2) is 0 Å².